The highest BCUT2D eigenvalue weighted by Crippen LogP contribution is 2.17. The van der Waals surface area contributed by atoms with Gasteiger partial charge in [-0.25, -0.2) is 0 Å². The van der Waals surface area contributed by atoms with Gasteiger partial charge in [-0.3, -0.25) is 4.98 Å². The minimum absolute atomic E-state index is 0.0824. The van der Waals surface area contributed by atoms with Gasteiger partial charge in [0.25, 0.3) is 0 Å². The highest BCUT2D eigenvalue weighted by Gasteiger charge is 2.04. The van der Waals surface area contributed by atoms with E-state index in [1.807, 2.05) is 54.9 Å². The van der Waals surface area contributed by atoms with Crippen LogP contribution in [0.15, 0.2) is 48.8 Å². The average molecular weight is 281 g/mol. The van der Waals surface area contributed by atoms with Crippen LogP contribution in [-0.2, 0) is 6.42 Å². The molecule has 2 aromatic rings. The van der Waals surface area contributed by atoms with E-state index in [-0.39, 0.29) is 12.6 Å². The molecule has 1 N–H and O–H groups in total. The molecule has 2 rings (SSSR count). The highest BCUT2D eigenvalue weighted by atomic mass is 16.5. The summed E-state index contributed by atoms with van der Waals surface area (Å²) in [6.07, 6.45) is 4.62. The van der Waals surface area contributed by atoms with Gasteiger partial charge < -0.3 is 10.1 Å². The fourth-order valence-corrected chi connectivity index (χ4v) is 2.07. The van der Waals surface area contributed by atoms with Crippen molar-refractivity contribution in [3.63, 3.8) is 0 Å². The number of rotatable bonds is 7. The molecule has 4 heteroatoms. The molecular formula is C17H19N3O. The average Bonchev–Trinajstić information content (AvgIpc) is 2.54. The van der Waals surface area contributed by atoms with Gasteiger partial charge in [0.1, 0.15) is 11.8 Å². The van der Waals surface area contributed by atoms with Gasteiger partial charge in [0.05, 0.1) is 0 Å². The summed E-state index contributed by atoms with van der Waals surface area (Å²) in [4.78, 5) is 4.01. The van der Waals surface area contributed by atoms with Crippen molar-refractivity contribution in [3.8, 4) is 11.8 Å². The van der Waals surface area contributed by atoms with Crippen molar-refractivity contribution in [2.24, 2.45) is 0 Å². The molecule has 0 fully saturated rings. The zero-order valence-corrected chi connectivity index (χ0v) is 12.1. The minimum Gasteiger partial charge on any atom is -0.479 e. The van der Waals surface area contributed by atoms with Gasteiger partial charge in [0.15, 0.2) is 6.61 Å². The van der Waals surface area contributed by atoms with E-state index in [9.17, 15) is 0 Å². The first-order valence-electron chi connectivity index (χ1n) is 7.01. The minimum atomic E-state index is 0.0824. The molecule has 0 aliphatic heterocycles. The smallest absolute Gasteiger partial charge is 0.174 e. The topological polar surface area (TPSA) is 57.9 Å². The molecule has 0 saturated heterocycles. The molecule has 4 nitrogen and oxygen atoms in total. The van der Waals surface area contributed by atoms with E-state index in [1.165, 1.54) is 11.1 Å². The van der Waals surface area contributed by atoms with Crippen molar-refractivity contribution >= 4 is 0 Å². The molecule has 108 valence electrons. The molecule has 0 aliphatic carbocycles. The van der Waals surface area contributed by atoms with Crippen LogP contribution in [0.2, 0.25) is 0 Å². The van der Waals surface area contributed by atoms with Crippen molar-refractivity contribution in [2.75, 3.05) is 13.2 Å². The predicted molar refractivity (Wildman–Crippen MR) is 81.9 cm³/mol. The number of nitrogens with zero attached hydrogens (tertiary/aromatic N) is 2. The number of nitrogens with one attached hydrogen (secondary N) is 1. The summed E-state index contributed by atoms with van der Waals surface area (Å²) in [6.45, 7) is 3.13. The second kappa shape index (κ2) is 8.03. The molecule has 0 bridgehead atoms. The standard InChI is InChI=1S/C17H19N3O/c1-14(20-12-8-15-6-10-19-11-7-15)16-2-4-17(5-3-16)21-13-9-18/h2-7,10-11,14,20H,8,12-13H2,1H3. The number of benzene rings is 1. The van der Waals surface area contributed by atoms with Gasteiger partial charge in [-0.2, -0.15) is 5.26 Å². The van der Waals surface area contributed by atoms with Gasteiger partial charge >= 0.3 is 0 Å². The van der Waals surface area contributed by atoms with Crippen LogP contribution >= 0.6 is 0 Å². The van der Waals surface area contributed by atoms with E-state index in [0.717, 1.165) is 18.7 Å². The summed E-state index contributed by atoms with van der Waals surface area (Å²) in [7, 11) is 0. The third-order valence-corrected chi connectivity index (χ3v) is 3.30. The summed E-state index contributed by atoms with van der Waals surface area (Å²) in [5, 5.41) is 12.0. The second-order valence-electron chi connectivity index (χ2n) is 4.80. The maximum atomic E-state index is 8.47. The molecule has 0 spiro atoms. The lowest BCUT2D eigenvalue weighted by molar-refractivity contribution is 0.368. The fraction of sp³-hybridized carbons (Fsp3) is 0.294. The fourth-order valence-electron chi connectivity index (χ4n) is 2.07. The van der Waals surface area contributed by atoms with Crippen LogP contribution < -0.4 is 10.1 Å². The SMILES string of the molecule is CC(NCCc1ccncc1)c1ccc(OCC#N)cc1. The molecule has 1 aromatic carbocycles. The molecule has 0 amide bonds. The third kappa shape index (κ3) is 4.90. The number of ether oxygens (including phenoxy) is 1. The molecule has 1 heterocycles. The number of nitriles is 1. The van der Waals surface area contributed by atoms with Gasteiger partial charge in [-0.1, -0.05) is 12.1 Å². The van der Waals surface area contributed by atoms with E-state index < -0.39 is 0 Å². The Hall–Kier alpha value is -2.38. The lowest BCUT2D eigenvalue weighted by Crippen LogP contribution is -2.21. The number of hydrogen-bond donors (Lipinski definition) is 1. The molecule has 1 atom stereocenters. The first kappa shape index (κ1) is 15.0. The summed E-state index contributed by atoms with van der Waals surface area (Å²) in [6, 6.07) is 14.1. The van der Waals surface area contributed by atoms with Crippen LogP contribution in [0.3, 0.4) is 0 Å². The van der Waals surface area contributed by atoms with E-state index >= 15 is 0 Å². The summed E-state index contributed by atoms with van der Waals surface area (Å²) < 4.78 is 5.24. The quantitative estimate of drug-likeness (QED) is 0.848. The normalized spacial score (nSPS) is 11.6. The molecule has 0 aliphatic rings. The van der Waals surface area contributed by atoms with Crippen LogP contribution in [0.4, 0.5) is 0 Å². The van der Waals surface area contributed by atoms with Gasteiger partial charge in [-0.05, 0) is 55.3 Å². The Kier molecular flexibility index (Phi) is 5.74. The van der Waals surface area contributed by atoms with Gasteiger partial charge in [0, 0.05) is 18.4 Å². The van der Waals surface area contributed by atoms with Crippen molar-refractivity contribution in [3.05, 3.63) is 59.9 Å². The largest absolute Gasteiger partial charge is 0.479 e. The zero-order chi connectivity index (χ0) is 14.9. The van der Waals surface area contributed by atoms with Crippen LogP contribution in [0, 0.1) is 11.3 Å². The van der Waals surface area contributed by atoms with Crippen LogP contribution in [0.25, 0.3) is 0 Å². The molecular weight excluding hydrogens is 262 g/mol. The second-order valence-corrected chi connectivity index (χ2v) is 4.80. The Labute approximate surface area is 125 Å². The van der Waals surface area contributed by atoms with Crippen molar-refractivity contribution in [1.29, 1.82) is 5.26 Å². The monoisotopic (exact) mass is 281 g/mol. The Morgan fingerprint density at radius 1 is 1.19 bits per heavy atom. The van der Waals surface area contributed by atoms with E-state index in [2.05, 4.69) is 17.2 Å². The lowest BCUT2D eigenvalue weighted by Gasteiger charge is -2.14. The van der Waals surface area contributed by atoms with Crippen molar-refractivity contribution < 1.29 is 4.74 Å². The number of aromatic nitrogens is 1. The lowest BCUT2D eigenvalue weighted by atomic mass is 10.1. The highest BCUT2D eigenvalue weighted by molar-refractivity contribution is 5.29. The van der Waals surface area contributed by atoms with Crippen LogP contribution in [-0.4, -0.2) is 18.1 Å². The van der Waals surface area contributed by atoms with E-state index in [4.69, 9.17) is 10.00 Å². The zero-order valence-electron chi connectivity index (χ0n) is 12.1. The Morgan fingerprint density at radius 2 is 1.90 bits per heavy atom. The van der Waals surface area contributed by atoms with Gasteiger partial charge in [0.2, 0.25) is 0 Å². The van der Waals surface area contributed by atoms with Crippen molar-refractivity contribution in [1.82, 2.24) is 10.3 Å². The van der Waals surface area contributed by atoms with E-state index in [0.29, 0.717) is 0 Å². The first-order chi connectivity index (χ1) is 10.3. The third-order valence-electron chi connectivity index (χ3n) is 3.30. The van der Waals surface area contributed by atoms with Crippen molar-refractivity contribution in [2.45, 2.75) is 19.4 Å². The van der Waals surface area contributed by atoms with Gasteiger partial charge in [-0.15, -0.1) is 0 Å². The maximum Gasteiger partial charge on any atom is 0.174 e. The molecule has 0 radical (unpaired) electrons. The Morgan fingerprint density at radius 3 is 2.57 bits per heavy atom. The van der Waals surface area contributed by atoms with Crippen LogP contribution in [0.1, 0.15) is 24.1 Å². The summed E-state index contributed by atoms with van der Waals surface area (Å²) in [5.41, 5.74) is 2.49. The van der Waals surface area contributed by atoms with Crippen LogP contribution in [0.5, 0.6) is 5.75 Å². The molecule has 0 saturated carbocycles. The predicted octanol–water partition coefficient (Wildman–Crippen LogP) is 2.88. The summed E-state index contributed by atoms with van der Waals surface area (Å²) in [5.74, 6) is 0.726. The Balaban J connectivity index is 1.80. The molecule has 1 unspecified atom stereocenters. The number of hydrogen-bond acceptors (Lipinski definition) is 4. The Bertz CT molecular complexity index is 575. The molecule has 21 heavy (non-hydrogen) atoms. The molecule has 1 aromatic heterocycles. The number of pyridine rings is 1. The maximum absolute atomic E-state index is 8.47. The summed E-state index contributed by atoms with van der Waals surface area (Å²) >= 11 is 0. The van der Waals surface area contributed by atoms with E-state index in [1.54, 1.807) is 0 Å². The first-order valence-corrected chi connectivity index (χ1v) is 7.01.